The van der Waals surface area contributed by atoms with E-state index in [1.54, 1.807) is 0 Å². The highest BCUT2D eigenvalue weighted by Gasteiger charge is 2.34. The van der Waals surface area contributed by atoms with Gasteiger partial charge in [0.25, 0.3) is 5.91 Å². The van der Waals surface area contributed by atoms with Gasteiger partial charge in [0, 0.05) is 35.1 Å². The molecule has 0 atom stereocenters. The van der Waals surface area contributed by atoms with E-state index >= 15 is 0 Å². The zero-order valence-electron chi connectivity index (χ0n) is 16.7. The fourth-order valence-electron chi connectivity index (χ4n) is 4.05. The molecule has 3 aromatic carbocycles. The van der Waals surface area contributed by atoms with E-state index < -0.39 is 0 Å². The van der Waals surface area contributed by atoms with E-state index in [4.69, 9.17) is 11.6 Å². The van der Waals surface area contributed by atoms with Crippen LogP contribution in [0.15, 0.2) is 85.1 Å². The van der Waals surface area contributed by atoms with Crippen LogP contribution in [-0.4, -0.2) is 21.4 Å². The minimum Gasteiger partial charge on any atom is -0.345 e. The third kappa shape index (κ3) is 3.73. The molecule has 0 saturated heterocycles. The zero-order valence-corrected chi connectivity index (χ0v) is 17.4. The molecule has 0 unspecified atom stereocenters. The van der Waals surface area contributed by atoms with E-state index in [-0.39, 0.29) is 5.91 Å². The summed E-state index contributed by atoms with van der Waals surface area (Å²) < 4.78 is 2.19. The number of carbonyl (C=O) groups excluding carboxylic acids is 1. The first-order valence-electron chi connectivity index (χ1n) is 10.4. The van der Waals surface area contributed by atoms with Crippen molar-refractivity contribution >= 4 is 28.3 Å². The van der Waals surface area contributed by atoms with Crippen LogP contribution in [-0.2, 0) is 13.1 Å². The highest BCUT2D eigenvalue weighted by molar-refractivity contribution is 6.31. The standard InChI is InChI=1S/C26H23ClN2O/c27-25-13-4-2-8-20(25)17-28-16-6-10-22(28)18-29(21-14-15-21)26(30)24-12-5-9-19-7-1-3-11-23(19)24/h1-13,16,21H,14-15,17-18H2. The molecule has 1 saturated carbocycles. The van der Waals surface area contributed by atoms with Crippen LogP contribution in [0.25, 0.3) is 10.8 Å². The van der Waals surface area contributed by atoms with Crippen molar-refractivity contribution in [1.29, 1.82) is 0 Å². The number of rotatable bonds is 6. The summed E-state index contributed by atoms with van der Waals surface area (Å²) in [4.78, 5) is 15.6. The third-order valence-corrected chi connectivity index (χ3v) is 6.19. The smallest absolute Gasteiger partial charge is 0.255 e. The summed E-state index contributed by atoms with van der Waals surface area (Å²) in [5, 5.41) is 2.88. The van der Waals surface area contributed by atoms with E-state index in [1.807, 2.05) is 65.6 Å². The van der Waals surface area contributed by atoms with Crippen molar-refractivity contribution in [2.24, 2.45) is 0 Å². The molecule has 150 valence electrons. The average molecular weight is 415 g/mol. The fourth-order valence-corrected chi connectivity index (χ4v) is 4.25. The summed E-state index contributed by atoms with van der Waals surface area (Å²) in [5.41, 5.74) is 2.98. The second kappa shape index (κ2) is 8.00. The largest absolute Gasteiger partial charge is 0.345 e. The molecule has 5 rings (SSSR count). The number of hydrogen-bond acceptors (Lipinski definition) is 1. The molecule has 1 aromatic heterocycles. The first-order chi connectivity index (χ1) is 14.7. The van der Waals surface area contributed by atoms with Crippen LogP contribution in [0.1, 0.15) is 34.5 Å². The van der Waals surface area contributed by atoms with Crippen LogP contribution in [0.5, 0.6) is 0 Å². The van der Waals surface area contributed by atoms with E-state index in [2.05, 4.69) is 29.0 Å². The molecule has 1 aliphatic rings. The zero-order chi connectivity index (χ0) is 20.5. The van der Waals surface area contributed by atoms with Crippen molar-refractivity contribution in [3.8, 4) is 0 Å². The van der Waals surface area contributed by atoms with Gasteiger partial charge >= 0.3 is 0 Å². The maximum atomic E-state index is 13.6. The molecule has 0 spiro atoms. The molecule has 4 aromatic rings. The summed E-state index contributed by atoms with van der Waals surface area (Å²) in [6.07, 6.45) is 4.20. The van der Waals surface area contributed by atoms with Crippen LogP contribution in [0.4, 0.5) is 0 Å². The molecule has 4 heteroatoms. The first kappa shape index (κ1) is 19.0. The molecule has 0 N–H and O–H groups in total. The van der Waals surface area contributed by atoms with Crippen molar-refractivity contribution in [3.63, 3.8) is 0 Å². The predicted octanol–water partition coefficient (Wildman–Crippen LogP) is 6.15. The highest BCUT2D eigenvalue weighted by Crippen LogP contribution is 2.31. The molecule has 0 aliphatic heterocycles. The van der Waals surface area contributed by atoms with E-state index in [0.29, 0.717) is 19.1 Å². The Balaban J connectivity index is 1.44. The number of carbonyl (C=O) groups is 1. The van der Waals surface area contributed by atoms with Gasteiger partial charge in [0.1, 0.15) is 0 Å². The van der Waals surface area contributed by atoms with Crippen LogP contribution in [0.3, 0.4) is 0 Å². The second-order valence-corrected chi connectivity index (χ2v) is 8.32. The monoisotopic (exact) mass is 414 g/mol. The predicted molar refractivity (Wildman–Crippen MR) is 122 cm³/mol. The van der Waals surface area contributed by atoms with E-state index in [1.165, 1.54) is 0 Å². The van der Waals surface area contributed by atoms with Gasteiger partial charge in [-0.2, -0.15) is 0 Å². The Hall–Kier alpha value is -3.04. The Kier molecular flexibility index (Phi) is 5.06. The molecule has 1 fully saturated rings. The lowest BCUT2D eigenvalue weighted by Crippen LogP contribution is -2.33. The summed E-state index contributed by atoms with van der Waals surface area (Å²) >= 11 is 6.37. The maximum absolute atomic E-state index is 13.6. The molecule has 1 heterocycles. The molecule has 1 aliphatic carbocycles. The van der Waals surface area contributed by atoms with Gasteiger partial charge < -0.3 is 9.47 Å². The van der Waals surface area contributed by atoms with Crippen molar-refractivity contribution in [2.45, 2.75) is 32.0 Å². The third-order valence-electron chi connectivity index (χ3n) is 5.82. The summed E-state index contributed by atoms with van der Waals surface area (Å²) in [6, 6.07) is 26.5. The molecular formula is C26H23ClN2O. The molecule has 1 amide bonds. The maximum Gasteiger partial charge on any atom is 0.255 e. The van der Waals surface area contributed by atoms with Crippen molar-refractivity contribution in [3.05, 3.63) is 107 Å². The Morgan fingerprint density at radius 1 is 0.933 bits per heavy atom. The summed E-state index contributed by atoms with van der Waals surface area (Å²) in [6.45, 7) is 1.30. The fraction of sp³-hybridized carbons (Fsp3) is 0.192. The van der Waals surface area contributed by atoms with Gasteiger partial charge in [0.15, 0.2) is 0 Å². The summed E-state index contributed by atoms with van der Waals surface area (Å²) in [5.74, 6) is 0.111. The van der Waals surface area contributed by atoms with Gasteiger partial charge in [0.2, 0.25) is 0 Å². The number of aromatic nitrogens is 1. The topological polar surface area (TPSA) is 25.2 Å². The molecule has 0 bridgehead atoms. The minimum absolute atomic E-state index is 0.111. The van der Waals surface area contributed by atoms with Gasteiger partial charge in [0.05, 0.1) is 6.54 Å². The second-order valence-electron chi connectivity index (χ2n) is 7.91. The van der Waals surface area contributed by atoms with Gasteiger partial charge in [-0.15, -0.1) is 0 Å². The Labute approximate surface area is 181 Å². The SMILES string of the molecule is O=C(c1cccc2ccccc12)N(Cc1cccn1Cc1ccccc1Cl)C1CC1. The lowest BCUT2D eigenvalue weighted by atomic mass is 10.0. The molecule has 0 radical (unpaired) electrons. The quantitative estimate of drug-likeness (QED) is 0.371. The molecule has 3 nitrogen and oxygen atoms in total. The van der Waals surface area contributed by atoms with Gasteiger partial charge in [-0.25, -0.2) is 0 Å². The molecule has 30 heavy (non-hydrogen) atoms. The summed E-state index contributed by atoms with van der Waals surface area (Å²) in [7, 11) is 0. The van der Waals surface area contributed by atoms with Crippen LogP contribution >= 0.6 is 11.6 Å². The van der Waals surface area contributed by atoms with Crippen molar-refractivity contribution in [2.75, 3.05) is 0 Å². The number of nitrogens with zero attached hydrogens (tertiary/aromatic N) is 2. The van der Waals surface area contributed by atoms with Crippen molar-refractivity contribution < 1.29 is 4.79 Å². The Morgan fingerprint density at radius 3 is 2.53 bits per heavy atom. The molecular weight excluding hydrogens is 392 g/mol. The highest BCUT2D eigenvalue weighted by atomic mass is 35.5. The van der Waals surface area contributed by atoms with E-state index in [9.17, 15) is 4.79 Å². The number of amides is 1. The minimum atomic E-state index is 0.111. The van der Waals surface area contributed by atoms with Crippen molar-refractivity contribution in [1.82, 2.24) is 9.47 Å². The van der Waals surface area contributed by atoms with E-state index in [0.717, 1.165) is 45.5 Å². The lowest BCUT2D eigenvalue weighted by molar-refractivity contribution is 0.0728. The number of hydrogen-bond donors (Lipinski definition) is 0. The Morgan fingerprint density at radius 2 is 1.70 bits per heavy atom. The van der Waals surface area contributed by atoms with Gasteiger partial charge in [-0.05, 0) is 53.4 Å². The van der Waals surface area contributed by atoms with Crippen LogP contribution < -0.4 is 0 Å². The Bertz CT molecular complexity index is 1200. The van der Waals surface area contributed by atoms with Crippen LogP contribution in [0.2, 0.25) is 5.02 Å². The normalized spacial score (nSPS) is 13.5. The lowest BCUT2D eigenvalue weighted by Gasteiger charge is -2.24. The average Bonchev–Trinajstić information content (AvgIpc) is 3.53. The number of benzene rings is 3. The first-order valence-corrected chi connectivity index (χ1v) is 10.7. The number of fused-ring (bicyclic) bond motifs is 1. The van der Waals surface area contributed by atoms with Gasteiger partial charge in [-0.3, -0.25) is 4.79 Å². The van der Waals surface area contributed by atoms with Gasteiger partial charge in [-0.1, -0.05) is 66.2 Å². The number of halogens is 1. The van der Waals surface area contributed by atoms with Crippen LogP contribution in [0, 0.1) is 0 Å².